The molecular weight excluding hydrogens is 312 g/mol. The molecule has 1 aromatic rings. The lowest BCUT2D eigenvalue weighted by molar-refractivity contribution is -0.124. The Bertz CT molecular complexity index is 450. The van der Waals surface area contributed by atoms with E-state index in [2.05, 4.69) is 21.2 Å². The van der Waals surface area contributed by atoms with Gasteiger partial charge in [0.2, 0.25) is 5.91 Å². The number of nitrogens with two attached hydrogens (primary N) is 1. The molecule has 1 aromatic carbocycles. The normalized spacial score (nSPS) is 18.3. The van der Waals surface area contributed by atoms with Crippen LogP contribution in [0.1, 0.15) is 12.8 Å². The van der Waals surface area contributed by atoms with Gasteiger partial charge in [-0.15, -0.1) is 11.8 Å². The van der Waals surface area contributed by atoms with E-state index < -0.39 is 5.54 Å². The van der Waals surface area contributed by atoms with Crippen molar-refractivity contribution in [3.05, 3.63) is 28.7 Å². The van der Waals surface area contributed by atoms with Crippen LogP contribution in [0.25, 0.3) is 0 Å². The number of halogens is 1. The maximum Gasteiger partial charge on any atom is 0.238 e. The van der Waals surface area contributed by atoms with E-state index in [1.165, 1.54) is 0 Å². The Morgan fingerprint density at radius 3 is 2.72 bits per heavy atom. The van der Waals surface area contributed by atoms with E-state index in [0.29, 0.717) is 11.7 Å². The summed E-state index contributed by atoms with van der Waals surface area (Å²) in [7, 11) is 1.82. The molecule has 3 nitrogen and oxygen atoms in total. The van der Waals surface area contributed by atoms with Crippen LogP contribution in [-0.4, -0.2) is 24.2 Å². The van der Waals surface area contributed by atoms with Gasteiger partial charge in [0.05, 0.1) is 0 Å². The molecule has 1 fully saturated rings. The predicted molar refractivity (Wildman–Crippen MR) is 78.6 cm³/mol. The predicted octanol–water partition coefficient (Wildman–Crippen LogP) is 2.39. The summed E-state index contributed by atoms with van der Waals surface area (Å²) in [6.07, 6.45) is 2.17. The fourth-order valence-electron chi connectivity index (χ4n) is 2.12. The van der Waals surface area contributed by atoms with Crippen molar-refractivity contribution in [1.82, 2.24) is 5.32 Å². The zero-order valence-electron chi connectivity index (χ0n) is 10.3. The van der Waals surface area contributed by atoms with E-state index in [-0.39, 0.29) is 5.91 Å². The Balaban J connectivity index is 2.11. The second kappa shape index (κ2) is 5.63. The molecule has 0 aliphatic heterocycles. The van der Waals surface area contributed by atoms with Crippen molar-refractivity contribution in [3.63, 3.8) is 0 Å². The van der Waals surface area contributed by atoms with Gasteiger partial charge in [-0.05, 0) is 53.9 Å². The summed E-state index contributed by atoms with van der Waals surface area (Å²) < 4.78 is 1.06. The smallest absolute Gasteiger partial charge is 0.238 e. The van der Waals surface area contributed by atoms with Gasteiger partial charge in [0.25, 0.3) is 0 Å². The topological polar surface area (TPSA) is 55.1 Å². The molecule has 0 bridgehead atoms. The molecule has 1 atom stereocenters. The monoisotopic (exact) mass is 328 g/mol. The molecule has 1 aliphatic rings. The molecule has 1 amide bonds. The number of amides is 1. The molecule has 0 saturated heterocycles. The number of thioether (sulfide) groups is 1. The van der Waals surface area contributed by atoms with E-state index in [1.54, 1.807) is 11.8 Å². The molecule has 0 radical (unpaired) electrons. The Hall–Kier alpha value is -0.520. The van der Waals surface area contributed by atoms with Gasteiger partial charge in [-0.2, -0.15) is 0 Å². The van der Waals surface area contributed by atoms with Gasteiger partial charge in [-0.3, -0.25) is 4.79 Å². The minimum absolute atomic E-state index is 0.243. The largest absolute Gasteiger partial charge is 0.368 e. The summed E-state index contributed by atoms with van der Waals surface area (Å²) in [6, 6.07) is 8.03. The second-order valence-electron chi connectivity index (χ2n) is 4.58. The highest BCUT2D eigenvalue weighted by atomic mass is 79.9. The van der Waals surface area contributed by atoms with Gasteiger partial charge < -0.3 is 11.1 Å². The summed E-state index contributed by atoms with van der Waals surface area (Å²) in [4.78, 5) is 12.9. The third kappa shape index (κ3) is 2.73. The van der Waals surface area contributed by atoms with Crippen molar-refractivity contribution in [3.8, 4) is 0 Å². The highest BCUT2D eigenvalue weighted by Gasteiger charge is 2.48. The van der Waals surface area contributed by atoms with E-state index in [4.69, 9.17) is 5.73 Å². The van der Waals surface area contributed by atoms with Crippen LogP contribution in [0.3, 0.4) is 0 Å². The lowest BCUT2D eigenvalue weighted by atomic mass is 9.95. The Morgan fingerprint density at radius 1 is 1.56 bits per heavy atom. The lowest BCUT2D eigenvalue weighted by Crippen LogP contribution is -2.57. The number of rotatable bonds is 6. The Morgan fingerprint density at radius 2 is 2.22 bits per heavy atom. The summed E-state index contributed by atoms with van der Waals surface area (Å²) in [5, 5.41) is 3.16. The number of carbonyl (C=O) groups is 1. The summed E-state index contributed by atoms with van der Waals surface area (Å²) >= 11 is 5.18. The van der Waals surface area contributed by atoms with Crippen molar-refractivity contribution in [2.45, 2.75) is 23.3 Å². The van der Waals surface area contributed by atoms with Crippen LogP contribution in [-0.2, 0) is 4.79 Å². The van der Waals surface area contributed by atoms with E-state index >= 15 is 0 Å². The maximum atomic E-state index is 11.8. The first-order chi connectivity index (χ1) is 8.60. The standard InChI is InChI=1S/C13H17BrN2OS/c1-16-13(12(15)17,9-6-7-9)8-18-11-5-3-2-4-10(11)14/h2-5,9,16H,6-8H2,1H3,(H2,15,17). The number of hydrogen-bond acceptors (Lipinski definition) is 3. The number of primary amides is 1. The molecule has 1 saturated carbocycles. The Kier molecular flexibility index (Phi) is 4.35. The lowest BCUT2D eigenvalue weighted by Gasteiger charge is -2.30. The maximum absolute atomic E-state index is 11.8. The number of likely N-dealkylation sites (N-methyl/N-ethyl adjacent to an activating group) is 1. The summed E-state index contributed by atoms with van der Waals surface area (Å²) in [5.41, 5.74) is 5.03. The summed E-state index contributed by atoms with van der Waals surface area (Å²) in [6.45, 7) is 0. The average molecular weight is 329 g/mol. The average Bonchev–Trinajstić information content (AvgIpc) is 3.17. The number of nitrogens with one attached hydrogen (secondary N) is 1. The molecule has 1 aliphatic carbocycles. The molecule has 2 rings (SSSR count). The molecule has 0 aromatic heterocycles. The highest BCUT2D eigenvalue weighted by molar-refractivity contribution is 9.10. The van der Waals surface area contributed by atoms with Gasteiger partial charge in [0.1, 0.15) is 5.54 Å². The molecule has 18 heavy (non-hydrogen) atoms. The molecule has 0 heterocycles. The highest BCUT2D eigenvalue weighted by Crippen LogP contribution is 2.42. The second-order valence-corrected chi connectivity index (χ2v) is 6.45. The van der Waals surface area contributed by atoms with Crippen LogP contribution in [0.2, 0.25) is 0 Å². The van der Waals surface area contributed by atoms with Crippen LogP contribution in [0.5, 0.6) is 0 Å². The van der Waals surface area contributed by atoms with Crippen molar-refractivity contribution in [2.24, 2.45) is 11.7 Å². The van der Waals surface area contributed by atoms with Gasteiger partial charge >= 0.3 is 0 Å². The van der Waals surface area contributed by atoms with Crippen LogP contribution in [0, 0.1) is 5.92 Å². The van der Waals surface area contributed by atoms with Crippen LogP contribution in [0.4, 0.5) is 0 Å². The van der Waals surface area contributed by atoms with Gasteiger partial charge in [-0.25, -0.2) is 0 Å². The molecule has 0 spiro atoms. The first-order valence-corrected chi connectivity index (χ1v) is 7.74. The number of carbonyl (C=O) groups excluding carboxylic acids is 1. The Labute approximate surface area is 120 Å². The van der Waals surface area contributed by atoms with E-state index in [9.17, 15) is 4.79 Å². The fourth-order valence-corrected chi connectivity index (χ4v) is 4.03. The fraction of sp³-hybridized carbons (Fsp3) is 0.462. The first-order valence-electron chi connectivity index (χ1n) is 5.96. The first kappa shape index (κ1) is 13.9. The molecule has 98 valence electrons. The molecule has 3 N–H and O–H groups in total. The zero-order valence-corrected chi connectivity index (χ0v) is 12.7. The molecule has 1 unspecified atom stereocenters. The van der Waals surface area contributed by atoms with Gasteiger partial charge in [0.15, 0.2) is 0 Å². The summed E-state index contributed by atoms with van der Waals surface area (Å²) in [5.74, 6) is 0.814. The molecule has 5 heteroatoms. The van der Waals surface area contributed by atoms with Crippen molar-refractivity contribution in [2.75, 3.05) is 12.8 Å². The molecular formula is C13H17BrN2OS. The SMILES string of the molecule is CNC(CSc1ccccc1Br)(C(N)=O)C1CC1. The number of hydrogen-bond donors (Lipinski definition) is 2. The van der Waals surface area contributed by atoms with Crippen LogP contribution in [0.15, 0.2) is 33.6 Å². The van der Waals surface area contributed by atoms with Gasteiger partial charge in [-0.1, -0.05) is 12.1 Å². The third-order valence-electron chi connectivity index (χ3n) is 3.45. The van der Waals surface area contributed by atoms with Crippen LogP contribution < -0.4 is 11.1 Å². The third-order valence-corrected chi connectivity index (χ3v) is 5.67. The van der Waals surface area contributed by atoms with E-state index in [1.807, 2.05) is 31.3 Å². The van der Waals surface area contributed by atoms with E-state index in [0.717, 1.165) is 22.2 Å². The van der Waals surface area contributed by atoms with Gasteiger partial charge in [0, 0.05) is 15.1 Å². The number of benzene rings is 1. The van der Waals surface area contributed by atoms with Crippen molar-refractivity contribution >= 4 is 33.6 Å². The zero-order chi connectivity index (χ0) is 13.2. The van der Waals surface area contributed by atoms with Crippen molar-refractivity contribution < 1.29 is 4.79 Å². The minimum atomic E-state index is -0.569. The van der Waals surface area contributed by atoms with Crippen LogP contribution >= 0.6 is 27.7 Å². The van der Waals surface area contributed by atoms with Crippen molar-refractivity contribution in [1.29, 1.82) is 0 Å². The minimum Gasteiger partial charge on any atom is -0.368 e. The quantitative estimate of drug-likeness (QED) is 0.788.